The Hall–Kier alpha value is -0.980. The molecular weight excluding hydrogens is 128 g/mol. The Morgan fingerprint density at radius 2 is 2.50 bits per heavy atom. The third kappa shape index (κ3) is 0.878. The fourth-order valence-electron chi connectivity index (χ4n) is 1.05. The van der Waals surface area contributed by atoms with Crippen LogP contribution < -0.4 is 0 Å². The van der Waals surface area contributed by atoms with Crippen LogP contribution >= 0.6 is 0 Å². The van der Waals surface area contributed by atoms with Gasteiger partial charge < -0.3 is 9.47 Å². The van der Waals surface area contributed by atoms with Crippen LogP contribution in [0.1, 0.15) is 0 Å². The van der Waals surface area contributed by atoms with Crippen molar-refractivity contribution in [2.75, 3.05) is 13.2 Å². The van der Waals surface area contributed by atoms with Crippen LogP contribution in [0.25, 0.3) is 0 Å². The fourth-order valence-corrected chi connectivity index (χ4v) is 1.05. The number of allylic oxidation sites excluding steroid dienone is 1. The first kappa shape index (κ1) is 5.78. The maximum atomic E-state index is 5.35. The van der Waals surface area contributed by atoms with Crippen LogP contribution in [0.3, 0.4) is 0 Å². The second-order valence-electron chi connectivity index (χ2n) is 2.21. The van der Waals surface area contributed by atoms with Crippen LogP contribution in [0.15, 0.2) is 29.7 Å². The molecule has 1 atom stereocenters. The van der Waals surface area contributed by atoms with E-state index >= 15 is 0 Å². The molecular formula is C8H8O2. The van der Waals surface area contributed by atoms with Gasteiger partial charge in [-0.2, -0.15) is 0 Å². The molecule has 2 aliphatic rings. The summed E-state index contributed by atoms with van der Waals surface area (Å²) in [4.78, 5) is 0. The van der Waals surface area contributed by atoms with E-state index in [0.717, 1.165) is 5.76 Å². The molecule has 0 radical (unpaired) electrons. The van der Waals surface area contributed by atoms with Crippen molar-refractivity contribution in [3.63, 3.8) is 0 Å². The maximum Gasteiger partial charge on any atom is 0.140 e. The summed E-state index contributed by atoms with van der Waals surface area (Å²) < 4.78 is 10.7. The lowest BCUT2D eigenvalue weighted by atomic mass is 10.2. The molecule has 0 aromatic heterocycles. The van der Waals surface area contributed by atoms with Gasteiger partial charge in [-0.1, -0.05) is 0 Å². The topological polar surface area (TPSA) is 18.5 Å². The lowest BCUT2D eigenvalue weighted by Crippen LogP contribution is -2.25. The van der Waals surface area contributed by atoms with Crippen molar-refractivity contribution in [2.24, 2.45) is 0 Å². The van der Waals surface area contributed by atoms with Gasteiger partial charge in [0.25, 0.3) is 0 Å². The van der Waals surface area contributed by atoms with Gasteiger partial charge in [-0.05, 0) is 18.2 Å². The van der Waals surface area contributed by atoms with Gasteiger partial charge in [0.15, 0.2) is 0 Å². The first-order valence-corrected chi connectivity index (χ1v) is 3.34. The third-order valence-corrected chi connectivity index (χ3v) is 1.52. The van der Waals surface area contributed by atoms with Crippen molar-refractivity contribution in [3.8, 4) is 0 Å². The van der Waals surface area contributed by atoms with E-state index in [9.17, 15) is 0 Å². The summed E-state index contributed by atoms with van der Waals surface area (Å²) in [6.45, 7) is 1.35. The summed E-state index contributed by atoms with van der Waals surface area (Å²) in [5, 5.41) is 0. The Bertz CT molecular complexity index is 221. The van der Waals surface area contributed by atoms with Gasteiger partial charge in [-0.15, -0.1) is 5.73 Å². The van der Waals surface area contributed by atoms with Gasteiger partial charge in [0.2, 0.25) is 0 Å². The Morgan fingerprint density at radius 3 is 3.40 bits per heavy atom. The molecule has 10 heavy (non-hydrogen) atoms. The number of rotatable bonds is 0. The lowest BCUT2D eigenvalue weighted by Gasteiger charge is -2.24. The smallest absolute Gasteiger partial charge is 0.140 e. The van der Waals surface area contributed by atoms with Crippen molar-refractivity contribution < 1.29 is 9.47 Å². The van der Waals surface area contributed by atoms with Gasteiger partial charge in [0, 0.05) is 0 Å². The predicted molar refractivity (Wildman–Crippen MR) is 36.4 cm³/mol. The van der Waals surface area contributed by atoms with Crippen LogP contribution in [0, 0.1) is 0 Å². The average molecular weight is 136 g/mol. The molecule has 0 N–H and O–H groups in total. The van der Waals surface area contributed by atoms with E-state index < -0.39 is 0 Å². The minimum absolute atomic E-state index is 0.0266. The number of hydrogen-bond acceptors (Lipinski definition) is 2. The molecule has 1 aliphatic heterocycles. The third-order valence-electron chi connectivity index (χ3n) is 1.52. The summed E-state index contributed by atoms with van der Waals surface area (Å²) in [7, 11) is 0. The largest absolute Gasteiger partial charge is 0.492 e. The van der Waals surface area contributed by atoms with E-state index in [1.807, 2.05) is 18.2 Å². The van der Waals surface area contributed by atoms with Gasteiger partial charge in [0.1, 0.15) is 18.5 Å². The molecule has 0 aromatic rings. The van der Waals surface area contributed by atoms with Gasteiger partial charge in [0.05, 0.1) is 6.61 Å². The maximum absolute atomic E-state index is 5.35. The van der Waals surface area contributed by atoms with Gasteiger partial charge >= 0.3 is 0 Å². The van der Waals surface area contributed by atoms with Gasteiger partial charge in [-0.3, -0.25) is 0 Å². The van der Waals surface area contributed by atoms with Gasteiger partial charge in [-0.25, -0.2) is 0 Å². The second kappa shape index (κ2) is 2.33. The first-order valence-electron chi connectivity index (χ1n) is 3.34. The van der Waals surface area contributed by atoms with E-state index in [-0.39, 0.29) is 6.10 Å². The van der Waals surface area contributed by atoms with Crippen LogP contribution in [-0.2, 0) is 9.47 Å². The first-order chi connectivity index (χ1) is 4.97. The van der Waals surface area contributed by atoms with E-state index in [2.05, 4.69) is 5.73 Å². The van der Waals surface area contributed by atoms with E-state index in [4.69, 9.17) is 9.47 Å². The van der Waals surface area contributed by atoms with Crippen LogP contribution in [0.2, 0.25) is 0 Å². The zero-order valence-corrected chi connectivity index (χ0v) is 5.54. The number of ether oxygens (including phenoxy) is 2. The molecule has 0 saturated carbocycles. The highest BCUT2D eigenvalue weighted by Gasteiger charge is 2.18. The van der Waals surface area contributed by atoms with Crippen molar-refractivity contribution in [1.82, 2.24) is 0 Å². The minimum atomic E-state index is 0.0266. The summed E-state index contributed by atoms with van der Waals surface area (Å²) in [5.74, 6) is 0.907. The molecule has 1 fully saturated rings. The Kier molecular flexibility index (Phi) is 1.35. The minimum Gasteiger partial charge on any atom is -0.492 e. The quantitative estimate of drug-likeness (QED) is 0.463. The Morgan fingerprint density at radius 1 is 1.50 bits per heavy atom. The monoisotopic (exact) mass is 136 g/mol. The highest BCUT2D eigenvalue weighted by atomic mass is 16.6. The van der Waals surface area contributed by atoms with Crippen LogP contribution in [-0.4, -0.2) is 19.3 Å². The zero-order chi connectivity index (χ0) is 6.81. The standard InChI is InChI=1S/C8H8O2/c1-2-4-8-7(3-1)9-5-6-10-8/h1,3-4,8H,5-6H2. The Labute approximate surface area is 59.4 Å². The molecule has 2 rings (SSSR count). The molecule has 0 bridgehead atoms. The predicted octanol–water partition coefficient (Wildman–Crippen LogP) is 1.01. The number of fused-ring (bicyclic) bond motifs is 1. The van der Waals surface area contributed by atoms with Crippen molar-refractivity contribution in [1.29, 1.82) is 0 Å². The number of hydrogen-bond donors (Lipinski definition) is 0. The molecule has 0 amide bonds. The van der Waals surface area contributed by atoms with Crippen molar-refractivity contribution >= 4 is 0 Å². The van der Waals surface area contributed by atoms with Crippen molar-refractivity contribution in [2.45, 2.75) is 6.10 Å². The van der Waals surface area contributed by atoms with Crippen LogP contribution in [0.5, 0.6) is 0 Å². The fraction of sp³-hybridized carbons (Fsp3) is 0.375. The molecule has 1 heterocycles. The van der Waals surface area contributed by atoms with E-state index in [1.165, 1.54) is 0 Å². The average Bonchev–Trinajstić information content (AvgIpc) is 2.05. The van der Waals surface area contributed by atoms with Crippen LogP contribution in [0.4, 0.5) is 0 Å². The molecule has 52 valence electrons. The highest BCUT2D eigenvalue weighted by molar-refractivity contribution is 5.21. The van der Waals surface area contributed by atoms with E-state index in [1.54, 1.807) is 0 Å². The zero-order valence-electron chi connectivity index (χ0n) is 5.54. The van der Waals surface area contributed by atoms with Crippen molar-refractivity contribution in [3.05, 3.63) is 29.7 Å². The molecule has 2 heteroatoms. The summed E-state index contributed by atoms with van der Waals surface area (Å²) in [5.41, 5.74) is 2.95. The molecule has 2 nitrogen and oxygen atoms in total. The molecule has 0 aromatic carbocycles. The molecule has 1 saturated heterocycles. The summed E-state index contributed by atoms with van der Waals surface area (Å²) >= 11 is 0. The second-order valence-corrected chi connectivity index (χ2v) is 2.21. The summed E-state index contributed by atoms with van der Waals surface area (Å²) in [6, 6.07) is 0. The molecule has 1 unspecified atom stereocenters. The summed E-state index contributed by atoms with van der Waals surface area (Å²) in [6.07, 6.45) is 5.62. The lowest BCUT2D eigenvalue weighted by molar-refractivity contribution is -0.0213. The highest BCUT2D eigenvalue weighted by Crippen LogP contribution is 2.16. The van der Waals surface area contributed by atoms with E-state index in [0.29, 0.717) is 13.2 Å². The SMILES string of the molecule is C1=CC=C2OCCOC2C=1. The Balaban J connectivity index is 2.24. The normalized spacial score (nSPS) is 28.8. The molecule has 1 aliphatic carbocycles. The molecule has 0 spiro atoms.